The van der Waals surface area contributed by atoms with Crippen molar-refractivity contribution in [2.75, 3.05) is 0 Å². The number of carboxylic acids is 1. The molecule has 0 unspecified atom stereocenters. The van der Waals surface area contributed by atoms with Crippen LogP contribution in [-0.2, 0) is 23.2 Å². The van der Waals surface area contributed by atoms with Gasteiger partial charge in [0.25, 0.3) is 0 Å². The SMILES string of the molecule is CC1(C)CCC[C@]2(C)[C@H]3CCc4c[n+](CC(=O)O)ccc4[C@]3(C)CC[C@@H]12. The van der Waals surface area contributed by atoms with Gasteiger partial charge in [-0.25, -0.2) is 4.79 Å². The molecule has 4 atom stereocenters. The van der Waals surface area contributed by atoms with Gasteiger partial charge in [0.05, 0.1) is 0 Å². The van der Waals surface area contributed by atoms with Gasteiger partial charge in [-0.2, -0.15) is 4.57 Å². The van der Waals surface area contributed by atoms with E-state index < -0.39 is 5.97 Å². The number of aromatic nitrogens is 1. The molecule has 2 fully saturated rings. The first-order chi connectivity index (χ1) is 12.2. The highest BCUT2D eigenvalue weighted by Gasteiger charge is 2.59. The smallest absolute Gasteiger partial charge is 0.370 e. The number of aryl methyl sites for hydroxylation is 1. The first-order valence-electron chi connectivity index (χ1n) is 10.4. The summed E-state index contributed by atoms with van der Waals surface area (Å²) in [7, 11) is 0. The summed E-state index contributed by atoms with van der Waals surface area (Å²) in [6, 6.07) is 2.24. The van der Waals surface area contributed by atoms with E-state index in [1.807, 2.05) is 10.8 Å². The molecule has 0 aromatic carbocycles. The van der Waals surface area contributed by atoms with Gasteiger partial charge in [-0.05, 0) is 72.2 Å². The molecule has 2 saturated carbocycles. The van der Waals surface area contributed by atoms with Gasteiger partial charge < -0.3 is 5.11 Å². The molecule has 0 bridgehead atoms. The lowest BCUT2D eigenvalue weighted by atomic mass is 9.41. The monoisotopic (exact) mass is 356 g/mol. The average molecular weight is 357 g/mol. The Hall–Kier alpha value is -1.38. The molecule has 1 heterocycles. The Morgan fingerprint density at radius 2 is 1.92 bits per heavy atom. The number of pyridine rings is 1. The Morgan fingerprint density at radius 1 is 1.15 bits per heavy atom. The van der Waals surface area contributed by atoms with E-state index in [2.05, 4.69) is 40.0 Å². The average Bonchev–Trinajstić information content (AvgIpc) is 2.52. The third-order valence-corrected chi connectivity index (χ3v) is 8.53. The maximum absolute atomic E-state index is 11.1. The highest BCUT2D eigenvalue weighted by atomic mass is 16.4. The molecular formula is C23H34NO2+. The molecule has 1 N–H and O–H groups in total. The predicted molar refractivity (Wildman–Crippen MR) is 102 cm³/mol. The van der Waals surface area contributed by atoms with E-state index in [9.17, 15) is 4.79 Å². The minimum absolute atomic E-state index is 0.0569. The van der Waals surface area contributed by atoms with Gasteiger partial charge >= 0.3 is 5.97 Å². The number of hydrogen-bond donors (Lipinski definition) is 1. The highest BCUT2D eigenvalue weighted by Crippen LogP contribution is 2.66. The third-order valence-electron chi connectivity index (χ3n) is 8.53. The maximum atomic E-state index is 11.1. The van der Waals surface area contributed by atoms with Gasteiger partial charge in [0.15, 0.2) is 12.4 Å². The summed E-state index contributed by atoms with van der Waals surface area (Å²) in [5.74, 6) is 0.812. The molecule has 3 aliphatic rings. The van der Waals surface area contributed by atoms with Crippen molar-refractivity contribution in [3.05, 3.63) is 29.6 Å². The molecule has 26 heavy (non-hydrogen) atoms. The van der Waals surface area contributed by atoms with Gasteiger partial charge in [0, 0.05) is 11.6 Å². The molecule has 0 spiro atoms. The molecule has 142 valence electrons. The Morgan fingerprint density at radius 3 is 2.65 bits per heavy atom. The maximum Gasteiger partial charge on any atom is 0.370 e. The van der Waals surface area contributed by atoms with Crippen LogP contribution in [0, 0.1) is 22.7 Å². The fourth-order valence-electron chi connectivity index (χ4n) is 7.52. The van der Waals surface area contributed by atoms with E-state index in [1.54, 1.807) is 0 Å². The van der Waals surface area contributed by atoms with Crippen molar-refractivity contribution >= 4 is 5.97 Å². The van der Waals surface area contributed by atoms with E-state index >= 15 is 0 Å². The first-order valence-corrected chi connectivity index (χ1v) is 10.4. The molecule has 0 radical (unpaired) electrons. The van der Waals surface area contributed by atoms with Crippen molar-refractivity contribution in [2.45, 2.75) is 84.6 Å². The number of fused-ring (bicyclic) bond motifs is 5. The minimum Gasteiger partial charge on any atom is -0.477 e. The Labute approximate surface area is 157 Å². The van der Waals surface area contributed by atoms with E-state index in [1.165, 1.54) is 49.7 Å². The number of carbonyl (C=O) groups is 1. The Kier molecular flexibility index (Phi) is 4.02. The van der Waals surface area contributed by atoms with Crippen molar-refractivity contribution in [3.63, 3.8) is 0 Å². The van der Waals surface area contributed by atoms with E-state index in [0.717, 1.165) is 18.3 Å². The van der Waals surface area contributed by atoms with E-state index in [0.29, 0.717) is 10.8 Å². The molecule has 3 nitrogen and oxygen atoms in total. The van der Waals surface area contributed by atoms with Gasteiger partial charge in [-0.1, -0.05) is 34.1 Å². The lowest BCUT2D eigenvalue weighted by Crippen LogP contribution is -2.58. The summed E-state index contributed by atoms with van der Waals surface area (Å²) in [5.41, 5.74) is 4.03. The summed E-state index contributed by atoms with van der Waals surface area (Å²) in [4.78, 5) is 11.1. The van der Waals surface area contributed by atoms with Crippen LogP contribution in [0.25, 0.3) is 0 Å². The van der Waals surface area contributed by atoms with Crippen LogP contribution in [0.1, 0.15) is 77.3 Å². The topological polar surface area (TPSA) is 41.2 Å². The van der Waals surface area contributed by atoms with Crippen LogP contribution in [0.4, 0.5) is 0 Å². The van der Waals surface area contributed by atoms with Gasteiger partial charge in [-0.3, -0.25) is 0 Å². The Bertz CT molecular complexity index is 740. The van der Waals surface area contributed by atoms with Crippen LogP contribution < -0.4 is 4.57 Å². The summed E-state index contributed by atoms with van der Waals surface area (Å²) in [6.45, 7) is 10.2. The van der Waals surface area contributed by atoms with Crippen molar-refractivity contribution in [1.82, 2.24) is 0 Å². The zero-order valence-corrected chi connectivity index (χ0v) is 16.8. The van der Waals surface area contributed by atoms with Crippen LogP contribution in [-0.4, -0.2) is 11.1 Å². The summed E-state index contributed by atoms with van der Waals surface area (Å²) < 4.78 is 1.84. The van der Waals surface area contributed by atoms with Crippen molar-refractivity contribution in [3.8, 4) is 0 Å². The van der Waals surface area contributed by atoms with Gasteiger partial charge in [0.2, 0.25) is 6.54 Å². The van der Waals surface area contributed by atoms with Crippen LogP contribution >= 0.6 is 0 Å². The van der Waals surface area contributed by atoms with Gasteiger partial charge in [-0.15, -0.1) is 0 Å². The second kappa shape index (κ2) is 5.81. The van der Waals surface area contributed by atoms with Crippen molar-refractivity contribution < 1.29 is 14.5 Å². The molecule has 1 aromatic heterocycles. The zero-order chi connectivity index (χ0) is 18.7. The molecule has 0 aliphatic heterocycles. The zero-order valence-electron chi connectivity index (χ0n) is 16.8. The van der Waals surface area contributed by atoms with Gasteiger partial charge in [0.1, 0.15) is 0 Å². The number of aliphatic carboxylic acids is 1. The Balaban J connectivity index is 1.73. The first kappa shape index (κ1) is 18.0. The minimum atomic E-state index is -0.771. The largest absolute Gasteiger partial charge is 0.477 e. The second-order valence-corrected chi connectivity index (χ2v) is 10.4. The standard InChI is InChI=1S/C23H33NO2/c1-21(2)10-5-11-23(4)18(21)8-12-22(3)17-9-13-24(15-20(25)26)14-16(17)6-7-19(22)23/h9,13-14,18-19H,5-8,10-12,15H2,1-4H3/p+1/t18-,19-,22-,23-/m0/s1. The molecular weight excluding hydrogens is 322 g/mol. The lowest BCUT2D eigenvalue weighted by molar-refractivity contribution is -0.686. The van der Waals surface area contributed by atoms with Crippen molar-refractivity contribution in [2.24, 2.45) is 22.7 Å². The highest BCUT2D eigenvalue weighted by molar-refractivity contribution is 5.64. The summed E-state index contributed by atoms with van der Waals surface area (Å²) in [5, 5.41) is 9.10. The fraction of sp³-hybridized carbons (Fsp3) is 0.739. The fourth-order valence-corrected chi connectivity index (χ4v) is 7.52. The number of hydrogen-bond acceptors (Lipinski definition) is 1. The second-order valence-electron chi connectivity index (χ2n) is 10.4. The molecule has 3 aliphatic carbocycles. The lowest BCUT2D eigenvalue weighted by Gasteiger charge is -2.64. The quantitative estimate of drug-likeness (QED) is 0.792. The molecule has 0 saturated heterocycles. The van der Waals surface area contributed by atoms with E-state index in [-0.39, 0.29) is 12.0 Å². The number of nitrogens with zero attached hydrogens (tertiary/aromatic N) is 1. The molecule has 0 amide bonds. The van der Waals surface area contributed by atoms with Crippen LogP contribution in [0.5, 0.6) is 0 Å². The van der Waals surface area contributed by atoms with Crippen LogP contribution in [0.15, 0.2) is 18.5 Å². The third kappa shape index (κ3) is 2.53. The number of rotatable bonds is 2. The summed E-state index contributed by atoms with van der Waals surface area (Å²) >= 11 is 0. The summed E-state index contributed by atoms with van der Waals surface area (Å²) in [6.07, 6.45) is 13.2. The van der Waals surface area contributed by atoms with Crippen LogP contribution in [0.2, 0.25) is 0 Å². The number of carboxylic acid groups (broad SMARTS) is 1. The molecule has 4 rings (SSSR count). The van der Waals surface area contributed by atoms with E-state index in [4.69, 9.17) is 5.11 Å². The van der Waals surface area contributed by atoms with Crippen LogP contribution in [0.3, 0.4) is 0 Å². The molecule has 1 aromatic rings. The predicted octanol–water partition coefficient (Wildman–Crippen LogP) is 4.51. The van der Waals surface area contributed by atoms with Crippen molar-refractivity contribution in [1.29, 1.82) is 0 Å². The normalized spacial score (nSPS) is 38.0. The molecule has 3 heteroatoms.